The Morgan fingerprint density at radius 3 is 2.23 bits per heavy atom. The first-order chi connectivity index (χ1) is 16.9. The molecule has 0 aromatic heterocycles. The zero-order chi connectivity index (χ0) is 25.2. The summed E-state index contributed by atoms with van der Waals surface area (Å²) in [4.78, 5) is 28.3. The predicted octanol–water partition coefficient (Wildman–Crippen LogP) is 6.66. The minimum absolute atomic E-state index is 0.123. The van der Waals surface area contributed by atoms with E-state index in [4.69, 9.17) is 34.8 Å². The standard InChI is InChI=1S/C27H27Cl3N2O2S/c1-2-31-27(34)25(15-19-6-4-3-5-7-19)32(16-21-10-13-23(29)24(30)14-21)26(33)18-35-17-20-8-11-22(28)12-9-20/h3-14,25H,2,15-18H2,1H3,(H,31,34)/t25-/m1/s1. The van der Waals surface area contributed by atoms with E-state index in [1.54, 1.807) is 17.0 Å². The number of nitrogens with zero attached hydrogens (tertiary/aromatic N) is 1. The molecule has 0 bridgehead atoms. The van der Waals surface area contributed by atoms with Crippen molar-refractivity contribution in [3.8, 4) is 0 Å². The summed E-state index contributed by atoms with van der Waals surface area (Å²) in [5.74, 6) is 0.581. The third kappa shape index (κ3) is 8.46. The van der Waals surface area contributed by atoms with Crippen LogP contribution in [0.4, 0.5) is 0 Å². The van der Waals surface area contributed by atoms with Crippen LogP contribution < -0.4 is 5.32 Å². The number of rotatable bonds is 11. The lowest BCUT2D eigenvalue weighted by Gasteiger charge is -2.31. The van der Waals surface area contributed by atoms with Gasteiger partial charge in [-0.15, -0.1) is 11.8 Å². The molecule has 8 heteroatoms. The number of nitrogens with one attached hydrogen (secondary N) is 1. The molecule has 184 valence electrons. The van der Waals surface area contributed by atoms with Crippen LogP contribution in [0.1, 0.15) is 23.6 Å². The molecule has 0 aliphatic heterocycles. The molecule has 0 radical (unpaired) electrons. The maximum atomic E-state index is 13.5. The smallest absolute Gasteiger partial charge is 0.243 e. The Labute approximate surface area is 225 Å². The number of benzene rings is 3. The SMILES string of the molecule is CCNC(=O)[C@@H](Cc1ccccc1)N(Cc1ccc(Cl)c(Cl)c1)C(=O)CSCc1ccc(Cl)cc1. The molecule has 0 aliphatic carbocycles. The summed E-state index contributed by atoms with van der Waals surface area (Å²) in [6.45, 7) is 2.58. The van der Waals surface area contributed by atoms with Crippen molar-refractivity contribution in [1.82, 2.24) is 10.2 Å². The summed E-state index contributed by atoms with van der Waals surface area (Å²) in [5.41, 5.74) is 2.86. The Kier molecular flexibility index (Phi) is 10.8. The number of carbonyl (C=O) groups excluding carboxylic acids is 2. The number of likely N-dealkylation sites (N-methyl/N-ethyl adjacent to an activating group) is 1. The summed E-state index contributed by atoms with van der Waals surface area (Å²) in [6, 6.07) is 21.9. The van der Waals surface area contributed by atoms with Gasteiger partial charge in [0.15, 0.2) is 0 Å². The second kappa shape index (κ2) is 13.8. The van der Waals surface area contributed by atoms with Crippen LogP contribution in [-0.2, 0) is 28.3 Å². The summed E-state index contributed by atoms with van der Waals surface area (Å²) >= 11 is 19.8. The topological polar surface area (TPSA) is 49.4 Å². The first-order valence-electron chi connectivity index (χ1n) is 11.2. The zero-order valence-corrected chi connectivity index (χ0v) is 22.4. The van der Waals surface area contributed by atoms with Gasteiger partial charge in [0, 0.05) is 30.3 Å². The average Bonchev–Trinajstić information content (AvgIpc) is 2.85. The average molecular weight is 550 g/mol. The van der Waals surface area contributed by atoms with Crippen molar-refractivity contribution in [2.24, 2.45) is 0 Å². The summed E-state index contributed by atoms with van der Waals surface area (Å²) in [5, 5.41) is 4.42. The Morgan fingerprint density at radius 2 is 1.57 bits per heavy atom. The van der Waals surface area contributed by atoms with E-state index < -0.39 is 6.04 Å². The van der Waals surface area contributed by atoms with Crippen LogP contribution >= 0.6 is 46.6 Å². The monoisotopic (exact) mass is 548 g/mol. The minimum Gasteiger partial charge on any atom is -0.355 e. The van der Waals surface area contributed by atoms with Crippen LogP contribution in [0, 0.1) is 0 Å². The third-order valence-corrected chi connectivity index (χ3v) is 7.35. The summed E-state index contributed by atoms with van der Waals surface area (Å²) < 4.78 is 0. The fourth-order valence-corrected chi connectivity index (χ4v) is 4.92. The molecule has 0 unspecified atom stereocenters. The molecule has 0 saturated carbocycles. The highest BCUT2D eigenvalue weighted by Crippen LogP contribution is 2.25. The van der Waals surface area contributed by atoms with E-state index in [1.165, 1.54) is 11.8 Å². The maximum Gasteiger partial charge on any atom is 0.243 e. The number of carbonyl (C=O) groups is 2. The largest absolute Gasteiger partial charge is 0.355 e. The number of hydrogen-bond acceptors (Lipinski definition) is 3. The lowest BCUT2D eigenvalue weighted by molar-refractivity contribution is -0.139. The molecule has 0 heterocycles. The van der Waals surface area contributed by atoms with Crippen molar-refractivity contribution < 1.29 is 9.59 Å². The van der Waals surface area contributed by atoms with Crippen LogP contribution in [0.3, 0.4) is 0 Å². The zero-order valence-electron chi connectivity index (χ0n) is 19.3. The van der Waals surface area contributed by atoms with Crippen LogP contribution in [0.2, 0.25) is 15.1 Å². The van der Waals surface area contributed by atoms with E-state index in [1.807, 2.05) is 67.6 Å². The molecule has 0 spiro atoms. The second-order valence-electron chi connectivity index (χ2n) is 7.99. The molecule has 3 aromatic rings. The van der Waals surface area contributed by atoms with E-state index >= 15 is 0 Å². The van der Waals surface area contributed by atoms with Gasteiger partial charge in [-0.1, -0.05) is 83.3 Å². The van der Waals surface area contributed by atoms with Crippen molar-refractivity contribution in [3.63, 3.8) is 0 Å². The van der Waals surface area contributed by atoms with Gasteiger partial charge in [0.1, 0.15) is 6.04 Å². The van der Waals surface area contributed by atoms with E-state index in [0.717, 1.165) is 16.7 Å². The van der Waals surface area contributed by atoms with Crippen LogP contribution in [0.5, 0.6) is 0 Å². The highest BCUT2D eigenvalue weighted by molar-refractivity contribution is 7.99. The number of thioether (sulfide) groups is 1. The normalized spacial score (nSPS) is 11.7. The van der Waals surface area contributed by atoms with Gasteiger partial charge in [-0.25, -0.2) is 0 Å². The maximum absolute atomic E-state index is 13.5. The highest BCUT2D eigenvalue weighted by atomic mass is 35.5. The first kappa shape index (κ1) is 27.4. The third-order valence-electron chi connectivity index (χ3n) is 5.37. The van der Waals surface area contributed by atoms with E-state index in [0.29, 0.717) is 33.8 Å². The van der Waals surface area contributed by atoms with Crippen LogP contribution in [-0.4, -0.2) is 35.1 Å². The molecule has 35 heavy (non-hydrogen) atoms. The van der Waals surface area contributed by atoms with Crippen molar-refractivity contribution in [2.45, 2.75) is 31.7 Å². The summed E-state index contributed by atoms with van der Waals surface area (Å²) in [6.07, 6.45) is 0.404. The molecule has 0 saturated heterocycles. The fourth-order valence-electron chi connectivity index (χ4n) is 3.60. The van der Waals surface area contributed by atoms with E-state index in [2.05, 4.69) is 5.32 Å². The van der Waals surface area contributed by atoms with E-state index in [-0.39, 0.29) is 24.1 Å². The van der Waals surface area contributed by atoms with Gasteiger partial charge >= 0.3 is 0 Å². The molecule has 2 amide bonds. The molecule has 0 aliphatic rings. The molecule has 1 atom stereocenters. The van der Waals surface area contributed by atoms with Crippen LogP contribution in [0.25, 0.3) is 0 Å². The minimum atomic E-state index is -0.671. The lowest BCUT2D eigenvalue weighted by atomic mass is 10.0. The highest BCUT2D eigenvalue weighted by Gasteiger charge is 2.30. The van der Waals surface area contributed by atoms with Crippen LogP contribution in [0.15, 0.2) is 72.8 Å². The molecule has 4 nitrogen and oxygen atoms in total. The molecule has 1 N–H and O–H groups in total. The lowest BCUT2D eigenvalue weighted by Crippen LogP contribution is -2.51. The fraction of sp³-hybridized carbons (Fsp3) is 0.259. The van der Waals surface area contributed by atoms with E-state index in [9.17, 15) is 9.59 Å². The Morgan fingerprint density at radius 1 is 0.886 bits per heavy atom. The number of hydrogen-bond donors (Lipinski definition) is 1. The second-order valence-corrected chi connectivity index (χ2v) is 10.2. The Balaban J connectivity index is 1.84. The number of halogens is 3. The first-order valence-corrected chi connectivity index (χ1v) is 13.5. The van der Waals surface area contributed by atoms with Crippen molar-refractivity contribution in [2.75, 3.05) is 12.3 Å². The Bertz CT molecular complexity index is 1130. The van der Waals surface area contributed by atoms with Gasteiger partial charge < -0.3 is 10.2 Å². The summed E-state index contributed by atoms with van der Waals surface area (Å²) in [7, 11) is 0. The number of amides is 2. The van der Waals surface area contributed by atoms with Gasteiger partial charge in [-0.3, -0.25) is 9.59 Å². The van der Waals surface area contributed by atoms with Gasteiger partial charge in [-0.05, 0) is 47.9 Å². The Hall–Kier alpha value is -2.18. The van der Waals surface area contributed by atoms with Gasteiger partial charge in [0.05, 0.1) is 15.8 Å². The van der Waals surface area contributed by atoms with Gasteiger partial charge in [0.2, 0.25) is 11.8 Å². The quantitative estimate of drug-likeness (QED) is 0.291. The molecule has 0 fully saturated rings. The van der Waals surface area contributed by atoms with Crippen molar-refractivity contribution >= 4 is 58.4 Å². The molecule has 3 rings (SSSR count). The predicted molar refractivity (Wildman–Crippen MR) is 147 cm³/mol. The van der Waals surface area contributed by atoms with Crippen molar-refractivity contribution in [3.05, 3.63) is 105 Å². The van der Waals surface area contributed by atoms with Gasteiger partial charge in [-0.2, -0.15) is 0 Å². The molecular weight excluding hydrogens is 523 g/mol. The van der Waals surface area contributed by atoms with Crippen molar-refractivity contribution in [1.29, 1.82) is 0 Å². The molecular formula is C27H27Cl3N2O2S. The van der Waals surface area contributed by atoms with Gasteiger partial charge in [0.25, 0.3) is 0 Å². The molecule has 3 aromatic carbocycles.